The number of nitrogens with zero attached hydrogens (tertiary/aromatic N) is 3. The van der Waals surface area contributed by atoms with Gasteiger partial charge in [-0.3, -0.25) is 0 Å². The number of benzene rings is 1. The van der Waals surface area contributed by atoms with Crippen LogP contribution >= 0.6 is 0 Å². The minimum Gasteiger partial charge on any atom is -0.441 e. The van der Waals surface area contributed by atoms with Crippen molar-refractivity contribution in [2.45, 2.75) is 26.2 Å². The van der Waals surface area contributed by atoms with Gasteiger partial charge in [-0.15, -0.1) is 0 Å². The van der Waals surface area contributed by atoms with Crippen molar-refractivity contribution >= 4 is 11.1 Å². The lowest BCUT2D eigenvalue weighted by Crippen LogP contribution is -2.46. The smallest absolute Gasteiger partial charge is 0.195 e. The van der Waals surface area contributed by atoms with Gasteiger partial charge in [-0.25, -0.2) is 4.98 Å². The lowest BCUT2D eigenvalue weighted by molar-refractivity contribution is 0.135. The highest BCUT2D eigenvalue weighted by atomic mass is 16.3. The van der Waals surface area contributed by atoms with Crippen LogP contribution in [0.4, 0.5) is 0 Å². The number of para-hydroxylation sites is 2. The van der Waals surface area contributed by atoms with E-state index in [1.165, 1.54) is 45.7 Å². The zero-order chi connectivity index (χ0) is 14.5. The van der Waals surface area contributed by atoms with Crippen LogP contribution in [0.15, 0.2) is 28.7 Å². The van der Waals surface area contributed by atoms with Crippen molar-refractivity contribution in [3.8, 4) is 0 Å². The number of hydrogen-bond acceptors (Lipinski definition) is 4. The predicted molar refractivity (Wildman–Crippen MR) is 85.5 cm³/mol. The number of rotatable bonds is 6. The van der Waals surface area contributed by atoms with Crippen molar-refractivity contribution in [2.75, 3.05) is 39.3 Å². The Morgan fingerprint density at radius 1 is 1.05 bits per heavy atom. The van der Waals surface area contributed by atoms with Gasteiger partial charge in [0.05, 0.1) is 0 Å². The van der Waals surface area contributed by atoms with E-state index >= 15 is 0 Å². The first-order valence-electron chi connectivity index (χ1n) is 8.14. The third-order valence-electron chi connectivity index (χ3n) is 4.37. The van der Waals surface area contributed by atoms with Gasteiger partial charge in [-0.05, 0) is 38.1 Å². The van der Waals surface area contributed by atoms with Crippen LogP contribution in [-0.4, -0.2) is 54.1 Å². The molecule has 0 amide bonds. The molecule has 21 heavy (non-hydrogen) atoms. The first-order valence-corrected chi connectivity index (χ1v) is 8.14. The maximum absolute atomic E-state index is 5.76. The Hall–Kier alpha value is -1.39. The highest BCUT2D eigenvalue weighted by Gasteiger charge is 2.14. The van der Waals surface area contributed by atoms with Crippen molar-refractivity contribution in [3.05, 3.63) is 30.2 Å². The molecule has 4 heteroatoms. The number of oxazole rings is 1. The van der Waals surface area contributed by atoms with Crippen molar-refractivity contribution in [3.63, 3.8) is 0 Å². The highest BCUT2D eigenvalue weighted by molar-refractivity contribution is 5.72. The number of unbranched alkanes of at least 4 members (excludes halogenated alkanes) is 1. The van der Waals surface area contributed by atoms with Crippen molar-refractivity contribution in [1.82, 2.24) is 14.8 Å². The average molecular weight is 287 g/mol. The van der Waals surface area contributed by atoms with Crippen molar-refractivity contribution < 1.29 is 4.42 Å². The van der Waals surface area contributed by atoms with E-state index in [1.807, 2.05) is 24.3 Å². The molecule has 3 rings (SSSR count). The maximum Gasteiger partial charge on any atom is 0.195 e. The fourth-order valence-corrected chi connectivity index (χ4v) is 2.97. The number of fused-ring (bicyclic) bond motifs is 1. The molecule has 0 atom stereocenters. The first kappa shape index (κ1) is 14.5. The molecule has 0 spiro atoms. The molecule has 1 aliphatic heterocycles. The SMILES string of the molecule is CCN1CCN(CCCCc2nc3ccccc3o2)CC1. The monoisotopic (exact) mass is 287 g/mol. The summed E-state index contributed by atoms with van der Waals surface area (Å²) in [6.07, 6.45) is 3.33. The van der Waals surface area contributed by atoms with Crippen LogP contribution < -0.4 is 0 Å². The largest absolute Gasteiger partial charge is 0.441 e. The molecule has 0 saturated carbocycles. The molecule has 0 N–H and O–H groups in total. The third kappa shape index (κ3) is 3.83. The molecule has 1 aliphatic rings. The summed E-state index contributed by atoms with van der Waals surface area (Å²) in [5.41, 5.74) is 1.88. The quantitative estimate of drug-likeness (QED) is 0.765. The van der Waals surface area contributed by atoms with Crippen LogP contribution in [-0.2, 0) is 6.42 Å². The minimum atomic E-state index is 0.881. The molecule has 1 fully saturated rings. The summed E-state index contributed by atoms with van der Waals surface area (Å²) in [5, 5.41) is 0. The lowest BCUT2D eigenvalue weighted by Gasteiger charge is -2.33. The minimum absolute atomic E-state index is 0.881. The first-order chi connectivity index (χ1) is 10.3. The lowest BCUT2D eigenvalue weighted by atomic mass is 10.2. The van der Waals surface area contributed by atoms with Gasteiger partial charge < -0.3 is 14.2 Å². The molecule has 0 radical (unpaired) electrons. The number of aromatic nitrogens is 1. The van der Waals surface area contributed by atoms with E-state index in [0.717, 1.165) is 29.8 Å². The molecule has 1 saturated heterocycles. The number of piperazine rings is 1. The van der Waals surface area contributed by atoms with Crippen molar-refractivity contribution in [2.24, 2.45) is 0 Å². The Labute approximate surface area is 126 Å². The normalized spacial score (nSPS) is 17.6. The zero-order valence-corrected chi connectivity index (χ0v) is 12.9. The average Bonchev–Trinajstić information content (AvgIpc) is 2.95. The Kier molecular flexibility index (Phi) is 4.88. The number of likely N-dealkylation sites (N-methyl/N-ethyl adjacent to an activating group) is 1. The summed E-state index contributed by atoms with van der Waals surface area (Å²) in [6, 6.07) is 7.99. The molecule has 2 heterocycles. The Morgan fingerprint density at radius 2 is 1.81 bits per heavy atom. The van der Waals surface area contributed by atoms with E-state index in [2.05, 4.69) is 21.7 Å². The summed E-state index contributed by atoms with van der Waals surface area (Å²) in [7, 11) is 0. The molecule has 114 valence electrons. The molecule has 2 aromatic rings. The Bertz CT molecular complexity index is 525. The van der Waals surface area contributed by atoms with E-state index < -0.39 is 0 Å². The van der Waals surface area contributed by atoms with Crippen LogP contribution in [0.2, 0.25) is 0 Å². The Morgan fingerprint density at radius 3 is 2.57 bits per heavy atom. The van der Waals surface area contributed by atoms with Crippen LogP contribution in [0.5, 0.6) is 0 Å². The number of hydrogen-bond donors (Lipinski definition) is 0. The van der Waals surface area contributed by atoms with E-state index in [-0.39, 0.29) is 0 Å². The second-order valence-corrected chi connectivity index (χ2v) is 5.81. The highest BCUT2D eigenvalue weighted by Crippen LogP contribution is 2.16. The summed E-state index contributed by atoms with van der Waals surface area (Å²) in [5.74, 6) is 0.881. The molecule has 4 nitrogen and oxygen atoms in total. The van der Waals surface area contributed by atoms with Gasteiger partial charge in [0.15, 0.2) is 11.5 Å². The molecule has 1 aromatic heterocycles. The molecular formula is C17H25N3O. The van der Waals surface area contributed by atoms with Crippen LogP contribution in [0.25, 0.3) is 11.1 Å². The van der Waals surface area contributed by atoms with E-state index in [1.54, 1.807) is 0 Å². The maximum atomic E-state index is 5.76. The Balaban J connectivity index is 1.38. The molecule has 0 aliphatic carbocycles. The number of aryl methyl sites for hydroxylation is 1. The summed E-state index contributed by atoms with van der Waals surface area (Å²) in [4.78, 5) is 9.64. The van der Waals surface area contributed by atoms with Crippen LogP contribution in [0.1, 0.15) is 25.7 Å². The van der Waals surface area contributed by atoms with E-state index in [0.29, 0.717) is 0 Å². The second-order valence-electron chi connectivity index (χ2n) is 5.81. The fraction of sp³-hybridized carbons (Fsp3) is 0.588. The third-order valence-corrected chi connectivity index (χ3v) is 4.37. The standard InChI is InChI=1S/C17H25N3O/c1-2-19-11-13-20(14-12-19)10-6-5-9-17-18-15-7-3-4-8-16(15)21-17/h3-4,7-8H,2,5-6,9-14H2,1H3. The van der Waals surface area contributed by atoms with Gasteiger partial charge in [-0.1, -0.05) is 19.1 Å². The molecular weight excluding hydrogens is 262 g/mol. The van der Waals surface area contributed by atoms with Gasteiger partial charge in [0.2, 0.25) is 0 Å². The van der Waals surface area contributed by atoms with Crippen molar-refractivity contribution in [1.29, 1.82) is 0 Å². The van der Waals surface area contributed by atoms with Gasteiger partial charge in [0.25, 0.3) is 0 Å². The molecule has 1 aromatic carbocycles. The van der Waals surface area contributed by atoms with Crippen LogP contribution in [0.3, 0.4) is 0 Å². The van der Waals surface area contributed by atoms with Gasteiger partial charge >= 0.3 is 0 Å². The second kappa shape index (κ2) is 7.05. The van der Waals surface area contributed by atoms with Gasteiger partial charge in [0.1, 0.15) is 5.52 Å². The summed E-state index contributed by atoms with van der Waals surface area (Å²) < 4.78 is 5.76. The summed E-state index contributed by atoms with van der Waals surface area (Å²) in [6.45, 7) is 9.52. The molecule has 0 unspecified atom stereocenters. The zero-order valence-electron chi connectivity index (χ0n) is 12.9. The molecule has 0 bridgehead atoms. The fourth-order valence-electron chi connectivity index (χ4n) is 2.97. The summed E-state index contributed by atoms with van der Waals surface area (Å²) >= 11 is 0. The topological polar surface area (TPSA) is 32.5 Å². The van der Waals surface area contributed by atoms with Crippen LogP contribution in [0, 0.1) is 0 Å². The predicted octanol–water partition coefficient (Wildman–Crippen LogP) is 2.79. The van der Waals surface area contributed by atoms with Gasteiger partial charge in [-0.2, -0.15) is 0 Å². The van der Waals surface area contributed by atoms with E-state index in [4.69, 9.17) is 4.42 Å². The van der Waals surface area contributed by atoms with Gasteiger partial charge in [0, 0.05) is 32.6 Å². The van der Waals surface area contributed by atoms with E-state index in [9.17, 15) is 0 Å².